The predicted molar refractivity (Wildman–Crippen MR) is 54.7 cm³/mol. The van der Waals surface area contributed by atoms with Gasteiger partial charge in [-0.25, -0.2) is 4.39 Å². The minimum Gasteiger partial charge on any atom is -0.383 e. The molecule has 0 fully saturated rings. The Bertz CT molecular complexity index is 278. The van der Waals surface area contributed by atoms with Crippen LogP contribution in [0.2, 0.25) is 0 Å². The maximum atomic E-state index is 12.9. The lowest BCUT2D eigenvalue weighted by Crippen LogP contribution is -2.22. The largest absolute Gasteiger partial charge is 0.383 e. The van der Waals surface area contributed by atoms with E-state index in [4.69, 9.17) is 4.74 Å². The summed E-state index contributed by atoms with van der Waals surface area (Å²) in [7, 11) is 1.66. The number of methoxy groups -OCH3 is 1. The molecule has 2 nitrogen and oxygen atoms in total. The molecule has 0 heterocycles. The van der Waals surface area contributed by atoms with Crippen LogP contribution < -0.4 is 5.32 Å². The standard InChI is InChI=1S/C11H16FNO/c1-9(13-6-7-14-2)10-4-3-5-11(12)8-10/h3-5,8-9,13H,6-7H2,1-2H3/t9-/m1/s1. The Hall–Kier alpha value is -0.930. The first-order chi connectivity index (χ1) is 6.74. The molecule has 1 aromatic rings. The zero-order chi connectivity index (χ0) is 10.4. The highest BCUT2D eigenvalue weighted by Crippen LogP contribution is 2.12. The molecule has 0 aliphatic heterocycles. The van der Waals surface area contributed by atoms with Crippen LogP contribution in [0.15, 0.2) is 24.3 Å². The Balaban J connectivity index is 2.47. The molecule has 0 unspecified atom stereocenters. The van der Waals surface area contributed by atoms with Crippen LogP contribution in [0.1, 0.15) is 18.5 Å². The summed E-state index contributed by atoms with van der Waals surface area (Å²) in [6, 6.07) is 6.78. The zero-order valence-corrected chi connectivity index (χ0v) is 8.59. The minimum atomic E-state index is -0.192. The van der Waals surface area contributed by atoms with Crippen molar-refractivity contribution < 1.29 is 9.13 Å². The van der Waals surface area contributed by atoms with E-state index < -0.39 is 0 Å². The van der Waals surface area contributed by atoms with Crippen molar-refractivity contribution in [3.63, 3.8) is 0 Å². The average Bonchev–Trinajstić information content (AvgIpc) is 2.18. The van der Waals surface area contributed by atoms with Crippen molar-refractivity contribution in [1.29, 1.82) is 0 Å². The molecule has 0 aromatic heterocycles. The van der Waals surface area contributed by atoms with Crippen molar-refractivity contribution in [3.8, 4) is 0 Å². The molecule has 0 radical (unpaired) electrons. The quantitative estimate of drug-likeness (QED) is 0.730. The molecule has 0 bridgehead atoms. The molecule has 1 N–H and O–H groups in total. The van der Waals surface area contributed by atoms with E-state index in [1.165, 1.54) is 6.07 Å². The first-order valence-corrected chi connectivity index (χ1v) is 4.72. The number of benzene rings is 1. The topological polar surface area (TPSA) is 21.3 Å². The highest BCUT2D eigenvalue weighted by Gasteiger charge is 2.04. The van der Waals surface area contributed by atoms with E-state index in [1.54, 1.807) is 19.2 Å². The fourth-order valence-corrected chi connectivity index (χ4v) is 1.27. The van der Waals surface area contributed by atoms with Gasteiger partial charge in [-0.05, 0) is 24.6 Å². The molecule has 1 rings (SSSR count). The Morgan fingerprint density at radius 2 is 2.29 bits per heavy atom. The summed E-state index contributed by atoms with van der Waals surface area (Å²) in [5, 5.41) is 3.24. The third kappa shape index (κ3) is 3.44. The summed E-state index contributed by atoms with van der Waals surface area (Å²) in [5.74, 6) is -0.192. The van der Waals surface area contributed by atoms with Gasteiger partial charge in [0.25, 0.3) is 0 Å². The monoisotopic (exact) mass is 197 g/mol. The maximum Gasteiger partial charge on any atom is 0.123 e. The van der Waals surface area contributed by atoms with Crippen LogP contribution in [-0.4, -0.2) is 20.3 Å². The van der Waals surface area contributed by atoms with Crippen LogP contribution in [0.3, 0.4) is 0 Å². The van der Waals surface area contributed by atoms with Gasteiger partial charge in [-0.1, -0.05) is 12.1 Å². The van der Waals surface area contributed by atoms with Gasteiger partial charge >= 0.3 is 0 Å². The van der Waals surface area contributed by atoms with E-state index in [2.05, 4.69) is 5.32 Å². The van der Waals surface area contributed by atoms with Gasteiger partial charge in [0.1, 0.15) is 5.82 Å². The molecule has 0 aliphatic rings. The summed E-state index contributed by atoms with van der Waals surface area (Å²) >= 11 is 0. The highest BCUT2D eigenvalue weighted by molar-refractivity contribution is 5.19. The number of nitrogens with one attached hydrogen (secondary N) is 1. The van der Waals surface area contributed by atoms with Crippen LogP contribution in [0.5, 0.6) is 0 Å². The summed E-state index contributed by atoms with van der Waals surface area (Å²) in [4.78, 5) is 0. The van der Waals surface area contributed by atoms with Gasteiger partial charge in [-0.15, -0.1) is 0 Å². The first-order valence-electron chi connectivity index (χ1n) is 4.72. The molecule has 1 aromatic carbocycles. The normalized spacial score (nSPS) is 12.8. The Morgan fingerprint density at radius 3 is 2.93 bits per heavy atom. The van der Waals surface area contributed by atoms with Crippen LogP contribution >= 0.6 is 0 Å². The Labute approximate surface area is 84.1 Å². The van der Waals surface area contributed by atoms with Gasteiger partial charge in [0.05, 0.1) is 6.61 Å². The third-order valence-electron chi connectivity index (χ3n) is 2.11. The summed E-state index contributed by atoms with van der Waals surface area (Å²) in [5.41, 5.74) is 0.959. The number of rotatable bonds is 5. The van der Waals surface area contributed by atoms with Crippen LogP contribution in [0.4, 0.5) is 4.39 Å². The molecule has 0 aliphatic carbocycles. The molecule has 78 valence electrons. The maximum absolute atomic E-state index is 12.9. The van der Waals surface area contributed by atoms with Crippen molar-refractivity contribution in [2.45, 2.75) is 13.0 Å². The molecule has 0 saturated heterocycles. The van der Waals surface area contributed by atoms with E-state index in [9.17, 15) is 4.39 Å². The number of hydrogen-bond acceptors (Lipinski definition) is 2. The second kappa shape index (κ2) is 5.73. The van der Waals surface area contributed by atoms with Crippen molar-refractivity contribution in [3.05, 3.63) is 35.6 Å². The number of hydrogen-bond donors (Lipinski definition) is 1. The van der Waals surface area contributed by atoms with Gasteiger partial charge in [-0.3, -0.25) is 0 Å². The van der Waals surface area contributed by atoms with E-state index >= 15 is 0 Å². The lowest BCUT2D eigenvalue weighted by Gasteiger charge is -2.13. The van der Waals surface area contributed by atoms with Crippen molar-refractivity contribution in [2.75, 3.05) is 20.3 Å². The van der Waals surface area contributed by atoms with E-state index in [-0.39, 0.29) is 11.9 Å². The van der Waals surface area contributed by atoms with Crippen molar-refractivity contribution in [1.82, 2.24) is 5.32 Å². The van der Waals surface area contributed by atoms with Gasteiger partial charge in [0.2, 0.25) is 0 Å². The smallest absolute Gasteiger partial charge is 0.123 e. The molecular weight excluding hydrogens is 181 g/mol. The summed E-state index contributed by atoms with van der Waals surface area (Å²) in [6.45, 7) is 3.44. The molecular formula is C11H16FNO. The molecule has 0 saturated carbocycles. The average molecular weight is 197 g/mol. The second-order valence-corrected chi connectivity index (χ2v) is 3.22. The Kier molecular flexibility index (Phi) is 4.56. The minimum absolute atomic E-state index is 0.154. The summed E-state index contributed by atoms with van der Waals surface area (Å²) in [6.07, 6.45) is 0. The number of halogens is 1. The molecule has 3 heteroatoms. The van der Waals surface area contributed by atoms with Gasteiger partial charge in [0, 0.05) is 19.7 Å². The van der Waals surface area contributed by atoms with Crippen LogP contribution in [-0.2, 0) is 4.74 Å². The van der Waals surface area contributed by atoms with Crippen LogP contribution in [0, 0.1) is 5.82 Å². The highest BCUT2D eigenvalue weighted by atomic mass is 19.1. The fourth-order valence-electron chi connectivity index (χ4n) is 1.27. The molecule has 0 spiro atoms. The Morgan fingerprint density at radius 1 is 1.50 bits per heavy atom. The van der Waals surface area contributed by atoms with Gasteiger partial charge in [-0.2, -0.15) is 0 Å². The molecule has 0 amide bonds. The van der Waals surface area contributed by atoms with E-state index in [0.29, 0.717) is 6.61 Å². The van der Waals surface area contributed by atoms with Gasteiger partial charge < -0.3 is 10.1 Å². The SMILES string of the molecule is COCCN[C@H](C)c1cccc(F)c1. The first kappa shape index (κ1) is 11.1. The second-order valence-electron chi connectivity index (χ2n) is 3.22. The van der Waals surface area contributed by atoms with Gasteiger partial charge in [0.15, 0.2) is 0 Å². The van der Waals surface area contributed by atoms with E-state index in [0.717, 1.165) is 12.1 Å². The summed E-state index contributed by atoms with van der Waals surface area (Å²) < 4.78 is 17.8. The fraction of sp³-hybridized carbons (Fsp3) is 0.455. The van der Waals surface area contributed by atoms with Crippen molar-refractivity contribution >= 4 is 0 Å². The lowest BCUT2D eigenvalue weighted by molar-refractivity contribution is 0.196. The molecule has 1 atom stereocenters. The molecule has 14 heavy (non-hydrogen) atoms. The van der Waals surface area contributed by atoms with E-state index in [1.807, 2.05) is 13.0 Å². The predicted octanol–water partition coefficient (Wildman–Crippen LogP) is 2.12. The number of ether oxygens (including phenoxy) is 1. The zero-order valence-electron chi connectivity index (χ0n) is 8.59. The third-order valence-corrected chi connectivity index (χ3v) is 2.11. The lowest BCUT2D eigenvalue weighted by atomic mass is 10.1. The van der Waals surface area contributed by atoms with Crippen LogP contribution in [0.25, 0.3) is 0 Å². The van der Waals surface area contributed by atoms with Crippen molar-refractivity contribution in [2.24, 2.45) is 0 Å².